The minimum absolute atomic E-state index is 0.0276. The van der Waals surface area contributed by atoms with Crippen LogP contribution in [-0.4, -0.2) is 303 Å². The van der Waals surface area contributed by atoms with E-state index in [4.69, 9.17) is 9.47 Å². The van der Waals surface area contributed by atoms with Gasteiger partial charge in [0.15, 0.2) is 0 Å². The summed E-state index contributed by atoms with van der Waals surface area (Å²) in [4.78, 5) is 191. The number of methoxy groups -OCH3 is 1. The Bertz CT molecular complexity index is 3050. The molecule has 3 N–H and O–H groups in total. The van der Waals surface area contributed by atoms with E-state index in [9.17, 15) is 46.3 Å². The lowest BCUT2D eigenvalue weighted by Crippen LogP contribution is -2.68. The van der Waals surface area contributed by atoms with Crippen molar-refractivity contribution in [3.8, 4) is 0 Å². The molecule has 105 heavy (non-hydrogen) atoms. The summed E-state index contributed by atoms with van der Waals surface area (Å²) in [5.74, 6) is -14.2. The number of carbonyl (C=O) groups is 12. The fraction of sp³-hybridized carbons (Fsp3) is 0.836. The molecule has 594 valence electrons. The van der Waals surface area contributed by atoms with Crippen LogP contribution in [0, 0.1) is 29.6 Å². The predicted molar refractivity (Wildman–Crippen MR) is 374 cm³/mol. The molecule has 12 atom stereocenters. The lowest BCUT2D eigenvalue weighted by Gasteiger charge is -2.46. The summed E-state index contributed by atoms with van der Waals surface area (Å²) in [5.41, 5.74) is -1.66. The second-order valence-corrected chi connectivity index (χ2v) is 31.0. The first-order valence-electron chi connectivity index (χ1n) is 37.9. The van der Waals surface area contributed by atoms with Crippen molar-refractivity contribution in [1.29, 1.82) is 0 Å². The Labute approximate surface area is 614 Å². The van der Waals surface area contributed by atoms with Gasteiger partial charge in [-0.25, -0.2) is 13.2 Å². The molecule has 4 aliphatic carbocycles. The highest BCUT2D eigenvalue weighted by molar-refractivity contribution is 6.01. The fourth-order valence-corrected chi connectivity index (χ4v) is 16.8. The minimum Gasteiger partial charge on any atom is -0.385 e. The van der Waals surface area contributed by atoms with Crippen LogP contribution >= 0.6 is 0 Å². The zero-order valence-electron chi connectivity index (χ0n) is 63.5. The number of rotatable bonds is 14. The Balaban J connectivity index is 1.31. The second-order valence-electron chi connectivity index (χ2n) is 31.0. The van der Waals surface area contributed by atoms with Crippen molar-refractivity contribution < 1.29 is 93.4 Å². The van der Waals surface area contributed by atoms with Crippen molar-refractivity contribution in [2.45, 2.75) is 260 Å². The summed E-state index contributed by atoms with van der Waals surface area (Å²) < 4.78 is 98.9. The van der Waals surface area contributed by atoms with E-state index in [0.29, 0.717) is 70.6 Å². The fourth-order valence-electron chi connectivity index (χ4n) is 16.8. The first kappa shape index (κ1) is 85.4. The molecular formula is C73H116F6N12O14. The Hall–Kier alpha value is -6.86. The molecule has 1 spiro atoms. The molecule has 26 nitrogen and oxygen atoms in total. The zero-order chi connectivity index (χ0) is 77.7. The predicted octanol–water partition coefficient (Wildman–Crippen LogP) is 4.72. The molecule has 0 aromatic carbocycles. The number of ether oxygens (including phenoxy) is 2. The molecule has 0 radical (unpaired) electrons. The second kappa shape index (κ2) is 37.8. The van der Waals surface area contributed by atoms with Crippen LogP contribution in [0.4, 0.5) is 26.3 Å². The molecule has 0 aromatic heterocycles. The lowest BCUT2D eigenvalue weighted by atomic mass is 9.74. The number of likely N-dealkylation sites (N-methyl/N-ethyl adjacent to an activating group) is 7. The van der Waals surface area contributed by atoms with E-state index in [0.717, 1.165) is 24.5 Å². The Morgan fingerprint density at radius 3 is 1.84 bits per heavy atom. The van der Waals surface area contributed by atoms with E-state index in [2.05, 4.69) is 16.0 Å². The standard InChI is InChI=1S/C73H116F6N12O14/c1-13-43(3)61-69(101)85(7)42-59(94)87(9)53-23-16-15-19-33-90(68(53)100)56(37-44-24-27-47(74)28-25-44)67(99)84(6)41-57(92)80-51(29-26-45-35-49(75)60(50(76)36-45)73(77,78)79)65(97)91-40-48(105-14-2)38-54(91)64(96)82-72(31-20-32-72)71(103)89(11)62(46-21-17-18-22-46)70(102)88(10)55(66(98)83(4)5)39-58(93)86(8)52(30-34-104-12)63(95)81-61/h43-56,60-62H,13-42H2,1-12H3,(H,80,92)(H,81,95)(H,82,96)/t43-,44?,45?,47?,48+,49?,50?,51-,52-,53-,54-,55-,56-,60?,61-,62-/m0/s1. The molecule has 3 aliphatic heterocycles. The number of fused-ring (bicyclic) bond motifs is 3. The SMILES string of the molecule is CCO[C@@H]1C[C@H]2C(=O)NC3(CCC3)C(=O)N(C)[C@@H](C3CCCC3)C(=O)N(C)[C@H](C(=O)N(C)C)CC(=O)N(C)[C@@H](CCOC)C(=O)N[C@@H]([C@@H](C)CC)C(=O)N(C)CC(=O)N(C)[C@H]3CCCCCN(C3=O)[C@@H](CC3CCC(F)CC3)C(=O)N(C)CC(=O)N[C@@H](CCC3CC(F)C(C(F)(F)F)C(F)C3)C(=O)N2C1. The number of nitrogens with zero attached hydrogens (tertiary/aromatic N) is 9. The Morgan fingerprint density at radius 2 is 1.26 bits per heavy atom. The summed E-state index contributed by atoms with van der Waals surface area (Å²) in [5, 5.41) is 8.47. The highest BCUT2D eigenvalue weighted by Crippen LogP contribution is 2.45. The molecule has 7 rings (SSSR count). The van der Waals surface area contributed by atoms with Crippen LogP contribution in [-0.2, 0) is 67.0 Å². The summed E-state index contributed by atoms with van der Waals surface area (Å²) in [6, 6.07) is -10.9. The van der Waals surface area contributed by atoms with Gasteiger partial charge >= 0.3 is 6.18 Å². The van der Waals surface area contributed by atoms with E-state index < -0.39 is 218 Å². The summed E-state index contributed by atoms with van der Waals surface area (Å²) in [6.45, 7) is 3.67. The van der Waals surface area contributed by atoms with E-state index in [-0.39, 0.29) is 90.0 Å². The van der Waals surface area contributed by atoms with E-state index in [1.165, 1.54) is 83.1 Å². The molecule has 4 saturated carbocycles. The smallest absolute Gasteiger partial charge is 0.385 e. The average Bonchev–Trinajstić information content (AvgIpc) is 1.74. The normalized spacial score (nSPS) is 32.2. The van der Waals surface area contributed by atoms with Gasteiger partial charge in [0.25, 0.3) is 0 Å². The van der Waals surface area contributed by atoms with Crippen LogP contribution in [0.3, 0.4) is 0 Å². The maximum absolute atomic E-state index is 15.5. The zero-order valence-corrected chi connectivity index (χ0v) is 63.5. The number of alkyl halides is 6. The van der Waals surface area contributed by atoms with E-state index >= 15 is 37.5 Å². The van der Waals surface area contributed by atoms with Gasteiger partial charge in [-0.1, -0.05) is 46.0 Å². The van der Waals surface area contributed by atoms with Crippen LogP contribution in [0.15, 0.2) is 0 Å². The van der Waals surface area contributed by atoms with Crippen molar-refractivity contribution >= 4 is 70.9 Å². The molecule has 7 fully saturated rings. The van der Waals surface area contributed by atoms with E-state index in [1.54, 1.807) is 20.8 Å². The number of nitrogens with one attached hydrogen (secondary N) is 3. The number of amides is 12. The van der Waals surface area contributed by atoms with Crippen molar-refractivity contribution in [2.24, 2.45) is 29.6 Å². The molecule has 12 amide bonds. The van der Waals surface area contributed by atoms with E-state index in [1.807, 2.05) is 0 Å². The van der Waals surface area contributed by atoms with Gasteiger partial charge in [-0.2, -0.15) is 13.2 Å². The quantitative estimate of drug-likeness (QED) is 0.198. The average molecular weight is 1500 g/mol. The first-order valence-corrected chi connectivity index (χ1v) is 37.9. The molecule has 2 unspecified atom stereocenters. The topological polar surface area (TPSA) is 289 Å². The van der Waals surface area contributed by atoms with Crippen molar-refractivity contribution in [1.82, 2.24) is 60.0 Å². The van der Waals surface area contributed by atoms with Gasteiger partial charge < -0.3 is 69.5 Å². The van der Waals surface area contributed by atoms with Crippen LogP contribution < -0.4 is 16.0 Å². The van der Waals surface area contributed by atoms with Gasteiger partial charge in [-0.05, 0) is 133 Å². The summed E-state index contributed by atoms with van der Waals surface area (Å²) in [6.07, 6.45) is -9.37. The third-order valence-electron chi connectivity index (χ3n) is 23.6. The van der Waals surface area contributed by atoms with Crippen LogP contribution in [0.5, 0.6) is 0 Å². The number of hydrogen-bond acceptors (Lipinski definition) is 14. The van der Waals surface area contributed by atoms with Crippen molar-refractivity contribution in [3.63, 3.8) is 0 Å². The third kappa shape index (κ3) is 20.9. The molecule has 3 saturated heterocycles. The van der Waals surface area contributed by atoms with Gasteiger partial charge in [0.1, 0.15) is 78.3 Å². The molecule has 32 heteroatoms. The highest BCUT2D eigenvalue weighted by atomic mass is 19.4. The summed E-state index contributed by atoms with van der Waals surface area (Å²) >= 11 is 0. The van der Waals surface area contributed by atoms with Gasteiger partial charge in [0.05, 0.1) is 25.6 Å². The molecule has 3 heterocycles. The maximum atomic E-state index is 15.5. The Kier molecular flexibility index (Phi) is 30.7. The molecule has 7 aliphatic rings. The van der Waals surface area contributed by atoms with Gasteiger partial charge in [-0.3, -0.25) is 57.5 Å². The summed E-state index contributed by atoms with van der Waals surface area (Å²) in [7, 11) is 12.5. The number of hydrogen-bond donors (Lipinski definition) is 3. The molecule has 2 bridgehead atoms. The number of carbonyl (C=O) groups excluding carboxylic acids is 12. The van der Waals surface area contributed by atoms with Gasteiger partial charge in [0.2, 0.25) is 70.9 Å². The van der Waals surface area contributed by atoms with Crippen molar-refractivity contribution in [2.75, 3.05) is 103 Å². The van der Waals surface area contributed by atoms with Gasteiger partial charge in [-0.15, -0.1) is 0 Å². The first-order chi connectivity index (χ1) is 49.5. The maximum Gasteiger partial charge on any atom is 0.397 e. The molecular weight excluding hydrogens is 1380 g/mol. The highest BCUT2D eigenvalue weighted by Gasteiger charge is 2.56. The lowest BCUT2D eigenvalue weighted by molar-refractivity contribution is -0.219. The third-order valence-corrected chi connectivity index (χ3v) is 23.6. The largest absolute Gasteiger partial charge is 0.397 e. The van der Waals surface area contributed by atoms with Gasteiger partial charge in [0, 0.05) is 103 Å². The molecule has 0 aromatic rings. The monoisotopic (exact) mass is 1500 g/mol. The number of halogens is 6. The van der Waals surface area contributed by atoms with Crippen LogP contribution in [0.2, 0.25) is 0 Å². The van der Waals surface area contributed by atoms with Crippen LogP contribution in [0.1, 0.15) is 175 Å². The Morgan fingerprint density at radius 1 is 0.629 bits per heavy atom. The van der Waals surface area contributed by atoms with Crippen molar-refractivity contribution in [3.05, 3.63) is 0 Å². The minimum atomic E-state index is -5.19. The van der Waals surface area contributed by atoms with Crippen LogP contribution in [0.25, 0.3) is 0 Å².